The van der Waals surface area contributed by atoms with Crippen molar-refractivity contribution in [1.82, 2.24) is 0 Å². The maximum atomic E-state index is 11.8. The van der Waals surface area contributed by atoms with Gasteiger partial charge in [-0.05, 0) is 0 Å². The molecule has 0 amide bonds. The van der Waals surface area contributed by atoms with Crippen molar-refractivity contribution in [2.75, 3.05) is 6.67 Å². The van der Waals surface area contributed by atoms with Crippen LogP contribution in [0.25, 0.3) is 0 Å². The summed E-state index contributed by atoms with van der Waals surface area (Å²) in [6.45, 7) is -0.947. The zero-order valence-corrected chi connectivity index (χ0v) is 6.75. The van der Waals surface area contributed by atoms with Gasteiger partial charge in [0, 0.05) is 15.2 Å². The SMILES string of the molecule is FCC(F)C([SiH3])Cl. The Balaban J connectivity index is 3.14. The van der Waals surface area contributed by atoms with E-state index in [1.165, 1.54) is 0 Å². The number of halogens is 3. The summed E-state index contributed by atoms with van der Waals surface area (Å²) in [4.78, 5) is 0. The third-order valence-electron chi connectivity index (χ3n) is 0.646. The minimum Gasteiger partial charge on any atom is -0.248 e. The second-order valence-electron chi connectivity index (χ2n) is 1.35. The molecule has 4 heteroatoms. The van der Waals surface area contributed by atoms with Crippen LogP contribution in [0.2, 0.25) is 0 Å². The first-order valence-electron chi connectivity index (χ1n) is 2.02. The molecule has 0 aliphatic carbocycles. The predicted molar refractivity (Wildman–Crippen MR) is 30.5 cm³/mol. The van der Waals surface area contributed by atoms with E-state index in [-0.39, 0.29) is 0 Å². The highest BCUT2D eigenvalue weighted by Crippen LogP contribution is 2.02. The van der Waals surface area contributed by atoms with Crippen molar-refractivity contribution in [2.24, 2.45) is 0 Å². The Morgan fingerprint density at radius 3 is 2.14 bits per heavy atom. The van der Waals surface area contributed by atoms with Gasteiger partial charge in [-0.1, -0.05) is 0 Å². The average molecular weight is 145 g/mol. The third-order valence-corrected chi connectivity index (χ3v) is 1.64. The van der Waals surface area contributed by atoms with Gasteiger partial charge >= 0.3 is 0 Å². The second-order valence-corrected chi connectivity index (χ2v) is 4.01. The summed E-state index contributed by atoms with van der Waals surface area (Å²) in [6.07, 6.45) is -1.44. The van der Waals surface area contributed by atoms with Crippen LogP contribution in [0.3, 0.4) is 0 Å². The third kappa shape index (κ3) is 3.00. The fourth-order valence-electron chi connectivity index (χ4n) is 0.123. The van der Waals surface area contributed by atoms with E-state index in [0.717, 1.165) is 0 Å². The molecule has 0 aromatic heterocycles. The first kappa shape index (κ1) is 7.37. The van der Waals surface area contributed by atoms with Crippen molar-refractivity contribution in [3.8, 4) is 0 Å². The molecule has 0 nitrogen and oxygen atoms in total. The van der Waals surface area contributed by atoms with Crippen LogP contribution in [0.1, 0.15) is 0 Å². The number of alkyl halides is 3. The molecular weight excluding hydrogens is 138 g/mol. The van der Waals surface area contributed by atoms with Crippen molar-refractivity contribution in [3.05, 3.63) is 0 Å². The summed E-state index contributed by atoms with van der Waals surface area (Å²) in [6, 6.07) is 0. The Kier molecular flexibility index (Phi) is 3.56. The summed E-state index contributed by atoms with van der Waals surface area (Å²) in [5, 5.41) is -0.565. The molecule has 0 heterocycles. The van der Waals surface area contributed by atoms with Crippen molar-refractivity contribution in [2.45, 2.75) is 11.2 Å². The molecule has 0 N–H and O–H groups in total. The lowest BCUT2D eigenvalue weighted by molar-refractivity contribution is 0.274. The molecule has 0 aromatic rings. The Morgan fingerprint density at radius 2 is 2.14 bits per heavy atom. The molecule has 2 unspecified atom stereocenters. The molecule has 0 saturated carbocycles. The summed E-state index contributed by atoms with van der Waals surface area (Å²) < 4.78 is 23.0. The van der Waals surface area contributed by atoms with Gasteiger partial charge in [0.2, 0.25) is 0 Å². The van der Waals surface area contributed by atoms with Crippen LogP contribution in [-0.2, 0) is 0 Å². The molecular formula is C3H7ClF2Si. The summed E-state index contributed by atoms with van der Waals surface area (Å²) in [5.41, 5.74) is 0. The van der Waals surface area contributed by atoms with Gasteiger partial charge in [0.05, 0.1) is 0 Å². The van der Waals surface area contributed by atoms with Crippen molar-refractivity contribution in [1.29, 1.82) is 0 Å². The average Bonchev–Trinajstić information content (AvgIpc) is 1.65. The van der Waals surface area contributed by atoms with E-state index in [0.29, 0.717) is 10.2 Å². The van der Waals surface area contributed by atoms with Crippen LogP contribution >= 0.6 is 11.6 Å². The molecule has 0 aliphatic heterocycles. The zero-order valence-electron chi connectivity index (χ0n) is 4.00. The van der Waals surface area contributed by atoms with E-state index < -0.39 is 17.8 Å². The van der Waals surface area contributed by atoms with Crippen LogP contribution < -0.4 is 0 Å². The number of rotatable bonds is 2. The van der Waals surface area contributed by atoms with Gasteiger partial charge in [-0.2, -0.15) is 0 Å². The topological polar surface area (TPSA) is 0 Å². The minimum absolute atomic E-state index is 0.513. The van der Waals surface area contributed by atoms with Crippen molar-refractivity contribution >= 4 is 21.8 Å². The highest BCUT2D eigenvalue weighted by molar-refractivity contribution is 6.40. The molecule has 7 heavy (non-hydrogen) atoms. The van der Waals surface area contributed by atoms with E-state index >= 15 is 0 Å². The fourth-order valence-corrected chi connectivity index (χ4v) is 0.368. The normalized spacial score (nSPS) is 19.3. The van der Waals surface area contributed by atoms with Crippen LogP contribution in [0.4, 0.5) is 8.78 Å². The summed E-state index contributed by atoms with van der Waals surface area (Å²) in [5.74, 6) is 0. The molecule has 0 aliphatic rings. The first-order valence-corrected chi connectivity index (χ1v) is 3.61. The van der Waals surface area contributed by atoms with Gasteiger partial charge in [0.15, 0.2) is 0 Å². The lowest BCUT2D eigenvalue weighted by Crippen LogP contribution is -2.17. The zero-order chi connectivity index (χ0) is 5.86. The molecule has 0 radical (unpaired) electrons. The smallest absolute Gasteiger partial charge is 0.141 e. The van der Waals surface area contributed by atoms with Crippen LogP contribution in [0.5, 0.6) is 0 Å². The van der Waals surface area contributed by atoms with E-state index in [1.807, 2.05) is 0 Å². The summed E-state index contributed by atoms with van der Waals surface area (Å²) in [7, 11) is 0.513. The number of hydrogen-bond donors (Lipinski definition) is 0. The lowest BCUT2D eigenvalue weighted by Gasteiger charge is -2.01. The van der Waals surface area contributed by atoms with E-state index in [9.17, 15) is 8.78 Å². The van der Waals surface area contributed by atoms with Crippen LogP contribution in [0, 0.1) is 0 Å². The fraction of sp³-hybridized carbons (Fsp3) is 1.00. The Morgan fingerprint density at radius 1 is 1.71 bits per heavy atom. The quantitative estimate of drug-likeness (QED) is 0.385. The summed E-state index contributed by atoms with van der Waals surface area (Å²) >= 11 is 5.18. The first-order chi connectivity index (χ1) is 3.18. The van der Waals surface area contributed by atoms with Gasteiger partial charge in [0.25, 0.3) is 0 Å². The Hall–Kier alpha value is 0.367. The maximum Gasteiger partial charge on any atom is 0.141 e. The van der Waals surface area contributed by atoms with E-state index in [2.05, 4.69) is 0 Å². The largest absolute Gasteiger partial charge is 0.248 e. The van der Waals surface area contributed by atoms with Crippen LogP contribution in [0.15, 0.2) is 0 Å². The molecule has 44 valence electrons. The van der Waals surface area contributed by atoms with Crippen molar-refractivity contribution in [3.63, 3.8) is 0 Å². The molecule has 0 fully saturated rings. The van der Waals surface area contributed by atoms with Gasteiger partial charge in [-0.25, -0.2) is 8.78 Å². The van der Waals surface area contributed by atoms with Crippen molar-refractivity contribution < 1.29 is 8.78 Å². The molecule has 0 bridgehead atoms. The van der Waals surface area contributed by atoms with Crippen LogP contribution in [-0.4, -0.2) is 28.1 Å². The Labute approximate surface area is 49.3 Å². The van der Waals surface area contributed by atoms with Gasteiger partial charge < -0.3 is 0 Å². The molecule has 2 atom stereocenters. The van der Waals surface area contributed by atoms with Gasteiger partial charge in [-0.3, -0.25) is 0 Å². The highest BCUT2D eigenvalue weighted by atomic mass is 35.5. The molecule has 0 aromatic carbocycles. The maximum absolute atomic E-state index is 11.8. The Bertz CT molecular complexity index is 50.2. The molecule has 0 rings (SSSR count). The minimum atomic E-state index is -1.44. The second kappa shape index (κ2) is 3.38. The standard InChI is InChI=1S/C3H7ClF2Si/c4-3(7)2(6)1-5/h2-3H,1H2,7H3. The highest BCUT2D eigenvalue weighted by Gasteiger charge is 2.11. The number of hydrogen-bond acceptors (Lipinski definition) is 0. The van der Waals surface area contributed by atoms with E-state index in [4.69, 9.17) is 11.6 Å². The molecule has 0 saturated heterocycles. The van der Waals surface area contributed by atoms with Gasteiger partial charge in [0.1, 0.15) is 12.8 Å². The molecule has 0 spiro atoms. The van der Waals surface area contributed by atoms with E-state index in [1.54, 1.807) is 0 Å². The lowest BCUT2D eigenvalue weighted by atomic mass is 10.5. The predicted octanol–water partition coefficient (Wildman–Crippen LogP) is 0.224. The monoisotopic (exact) mass is 144 g/mol. The van der Waals surface area contributed by atoms with Gasteiger partial charge in [-0.15, -0.1) is 11.6 Å².